The quantitative estimate of drug-likeness (QED) is 0.722. The molecule has 6 nitrogen and oxygen atoms in total. The molecule has 2 aromatic carbocycles. The number of nitrogen functional groups attached to an aromatic ring is 1. The zero-order valence-corrected chi connectivity index (χ0v) is 13.5. The fourth-order valence-corrected chi connectivity index (χ4v) is 2.99. The van der Waals surface area contributed by atoms with Crippen LogP contribution in [0.4, 0.5) is 5.69 Å². The van der Waals surface area contributed by atoms with Gasteiger partial charge in [0.25, 0.3) is 0 Å². The minimum Gasteiger partial charge on any atom is -0.486 e. The van der Waals surface area contributed by atoms with Gasteiger partial charge < -0.3 is 24.9 Å². The molecule has 3 N–H and O–H groups in total. The molecule has 0 fully saturated rings. The van der Waals surface area contributed by atoms with E-state index in [1.54, 1.807) is 0 Å². The molecule has 0 radical (unpaired) electrons. The van der Waals surface area contributed by atoms with E-state index in [1.165, 1.54) is 0 Å². The Morgan fingerprint density at radius 2 is 1.92 bits per heavy atom. The molecule has 24 heavy (non-hydrogen) atoms. The maximum absolute atomic E-state index is 9.48. The number of ether oxygens (including phenoxy) is 2. The smallest absolute Gasteiger partial charge is 0.163 e. The molecule has 0 spiro atoms. The number of imidazole rings is 1. The first-order chi connectivity index (χ1) is 11.7. The predicted molar refractivity (Wildman–Crippen MR) is 92.4 cm³/mol. The van der Waals surface area contributed by atoms with E-state index in [0.29, 0.717) is 31.3 Å². The third-order valence-corrected chi connectivity index (χ3v) is 4.27. The second-order valence-electron chi connectivity index (χ2n) is 5.87. The Bertz CT molecular complexity index is 918. The summed E-state index contributed by atoms with van der Waals surface area (Å²) in [6.45, 7) is 3.51. The second kappa shape index (κ2) is 5.72. The van der Waals surface area contributed by atoms with Crippen molar-refractivity contribution >= 4 is 16.7 Å². The number of rotatable bonds is 3. The van der Waals surface area contributed by atoms with Crippen molar-refractivity contribution < 1.29 is 14.6 Å². The number of nitrogens with zero attached hydrogens (tertiary/aromatic N) is 2. The number of aromatic nitrogens is 2. The highest BCUT2D eigenvalue weighted by Crippen LogP contribution is 2.36. The van der Waals surface area contributed by atoms with Crippen LogP contribution < -0.4 is 15.2 Å². The molecular weight excluding hydrogens is 306 g/mol. The maximum Gasteiger partial charge on any atom is 0.163 e. The number of anilines is 1. The third kappa shape index (κ3) is 2.35. The Balaban J connectivity index is 1.93. The van der Waals surface area contributed by atoms with E-state index in [0.717, 1.165) is 33.7 Å². The van der Waals surface area contributed by atoms with Crippen LogP contribution in [0.3, 0.4) is 0 Å². The largest absolute Gasteiger partial charge is 0.486 e. The third-order valence-electron chi connectivity index (χ3n) is 4.27. The molecule has 124 valence electrons. The molecule has 3 aromatic rings. The summed E-state index contributed by atoms with van der Waals surface area (Å²) in [7, 11) is 0. The normalized spacial score (nSPS) is 13.4. The van der Waals surface area contributed by atoms with Crippen molar-refractivity contribution in [3.63, 3.8) is 0 Å². The zero-order valence-electron chi connectivity index (χ0n) is 13.5. The zero-order chi connectivity index (χ0) is 16.7. The van der Waals surface area contributed by atoms with Crippen LogP contribution in [0.1, 0.15) is 5.56 Å². The molecule has 0 aliphatic carbocycles. The first-order valence-corrected chi connectivity index (χ1v) is 7.94. The molecule has 0 unspecified atom stereocenters. The first kappa shape index (κ1) is 14.8. The van der Waals surface area contributed by atoms with E-state index in [2.05, 4.69) is 0 Å². The summed E-state index contributed by atoms with van der Waals surface area (Å²) >= 11 is 0. The van der Waals surface area contributed by atoms with Gasteiger partial charge in [-0.15, -0.1) is 0 Å². The van der Waals surface area contributed by atoms with Gasteiger partial charge in [0.15, 0.2) is 11.5 Å². The Morgan fingerprint density at radius 1 is 1.17 bits per heavy atom. The Morgan fingerprint density at radius 3 is 2.62 bits per heavy atom. The summed E-state index contributed by atoms with van der Waals surface area (Å²) in [5.41, 5.74) is 10.4. The Labute approximate surface area is 139 Å². The van der Waals surface area contributed by atoms with Crippen LogP contribution in [0.5, 0.6) is 11.5 Å². The van der Waals surface area contributed by atoms with Crippen molar-refractivity contribution in [1.82, 2.24) is 9.55 Å². The highest BCUT2D eigenvalue weighted by Gasteiger charge is 2.19. The van der Waals surface area contributed by atoms with Gasteiger partial charge in [-0.1, -0.05) is 12.1 Å². The number of nitrogens with two attached hydrogens (primary N) is 1. The molecule has 0 saturated heterocycles. The number of fused-ring (bicyclic) bond motifs is 2. The number of benzene rings is 2. The standard InChI is InChI=1S/C18H19N3O3/c1-11-2-3-12(8-13(11)19)18-20-14-9-16-17(24-7-6-23-16)10-15(14)21(18)4-5-22/h2-3,8-10,22H,4-7,19H2,1H3. The van der Waals surface area contributed by atoms with E-state index in [-0.39, 0.29) is 6.61 Å². The predicted octanol–water partition coefficient (Wildman–Crippen LogP) is 2.36. The molecule has 0 saturated carbocycles. The minimum atomic E-state index is 0.0221. The molecule has 0 amide bonds. The molecular formula is C18H19N3O3. The Kier molecular flexibility index (Phi) is 3.54. The van der Waals surface area contributed by atoms with Crippen molar-refractivity contribution in [1.29, 1.82) is 0 Å². The molecule has 1 aromatic heterocycles. The average molecular weight is 325 g/mol. The fraction of sp³-hybridized carbons (Fsp3) is 0.278. The van der Waals surface area contributed by atoms with Gasteiger partial charge >= 0.3 is 0 Å². The summed E-state index contributed by atoms with van der Waals surface area (Å²) in [6.07, 6.45) is 0. The minimum absolute atomic E-state index is 0.0221. The van der Waals surface area contributed by atoms with Gasteiger partial charge in [0.2, 0.25) is 0 Å². The molecule has 0 bridgehead atoms. The van der Waals surface area contributed by atoms with Gasteiger partial charge in [0.05, 0.1) is 17.6 Å². The maximum atomic E-state index is 9.48. The SMILES string of the molecule is Cc1ccc(-c2nc3cc4c(cc3n2CCO)OCCO4)cc1N. The fourth-order valence-electron chi connectivity index (χ4n) is 2.99. The van der Waals surface area contributed by atoms with Crippen molar-refractivity contribution in [2.24, 2.45) is 0 Å². The van der Waals surface area contributed by atoms with Gasteiger partial charge in [0, 0.05) is 29.9 Å². The van der Waals surface area contributed by atoms with E-state index in [1.807, 2.05) is 41.8 Å². The van der Waals surface area contributed by atoms with Gasteiger partial charge in [-0.3, -0.25) is 0 Å². The van der Waals surface area contributed by atoms with Gasteiger partial charge in [-0.05, 0) is 18.6 Å². The molecule has 1 aliphatic heterocycles. The summed E-state index contributed by atoms with van der Waals surface area (Å²) in [4.78, 5) is 4.74. The van der Waals surface area contributed by atoms with Gasteiger partial charge in [0.1, 0.15) is 19.0 Å². The summed E-state index contributed by atoms with van der Waals surface area (Å²) < 4.78 is 13.3. The van der Waals surface area contributed by atoms with E-state index >= 15 is 0 Å². The van der Waals surface area contributed by atoms with Crippen molar-refractivity contribution in [2.75, 3.05) is 25.6 Å². The topological polar surface area (TPSA) is 82.5 Å². The number of hydrogen-bond acceptors (Lipinski definition) is 5. The molecule has 1 aliphatic rings. The number of aliphatic hydroxyl groups excluding tert-OH is 1. The van der Waals surface area contributed by atoms with Crippen LogP contribution in [-0.4, -0.2) is 34.5 Å². The lowest BCUT2D eigenvalue weighted by Gasteiger charge is -2.18. The monoisotopic (exact) mass is 325 g/mol. The van der Waals surface area contributed by atoms with Crippen LogP contribution >= 0.6 is 0 Å². The van der Waals surface area contributed by atoms with Gasteiger partial charge in [-0.2, -0.15) is 0 Å². The Hall–Kier alpha value is -2.73. The van der Waals surface area contributed by atoms with Gasteiger partial charge in [-0.25, -0.2) is 4.98 Å². The van der Waals surface area contributed by atoms with E-state index in [9.17, 15) is 5.11 Å². The first-order valence-electron chi connectivity index (χ1n) is 7.94. The summed E-state index contributed by atoms with van der Waals surface area (Å²) in [6, 6.07) is 9.70. The van der Waals surface area contributed by atoms with E-state index in [4.69, 9.17) is 20.2 Å². The lowest BCUT2D eigenvalue weighted by Crippen LogP contribution is -2.15. The lowest BCUT2D eigenvalue weighted by atomic mass is 10.1. The van der Waals surface area contributed by atoms with Crippen LogP contribution in [0.15, 0.2) is 30.3 Å². The van der Waals surface area contributed by atoms with Crippen molar-refractivity contribution in [2.45, 2.75) is 13.5 Å². The molecule has 4 rings (SSSR count). The molecule has 2 heterocycles. The number of aliphatic hydroxyl groups is 1. The van der Waals surface area contributed by atoms with E-state index < -0.39 is 0 Å². The van der Waals surface area contributed by atoms with Crippen LogP contribution in [0, 0.1) is 6.92 Å². The van der Waals surface area contributed by atoms with Crippen LogP contribution in [-0.2, 0) is 6.54 Å². The average Bonchev–Trinajstić information content (AvgIpc) is 2.93. The molecule has 6 heteroatoms. The number of hydrogen-bond donors (Lipinski definition) is 2. The highest BCUT2D eigenvalue weighted by molar-refractivity contribution is 5.84. The second-order valence-corrected chi connectivity index (χ2v) is 5.87. The number of aryl methyl sites for hydroxylation is 1. The van der Waals surface area contributed by atoms with Crippen LogP contribution in [0.2, 0.25) is 0 Å². The lowest BCUT2D eigenvalue weighted by molar-refractivity contribution is 0.172. The van der Waals surface area contributed by atoms with Crippen LogP contribution in [0.25, 0.3) is 22.4 Å². The molecule has 0 atom stereocenters. The summed E-state index contributed by atoms with van der Waals surface area (Å²) in [5.74, 6) is 2.19. The van der Waals surface area contributed by atoms with Crippen molar-refractivity contribution in [3.05, 3.63) is 35.9 Å². The highest BCUT2D eigenvalue weighted by atomic mass is 16.6. The summed E-state index contributed by atoms with van der Waals surface area (Å²) in [5, 5.41) is 9.48. The van der Waals surface area contributed by atoms with Crippen molar-refractivity contribution in [3.8, 4) is 22.9 Å².